The minimum atomic E-state index is -3.69. The number of carboxylic acids is 1. The van der Waals surface area contributed by atoms with Gasteiger partial charge in [-0.25, -0.2) is 5.48 Å². The Morgan fingerprint density at radius 3 is 2.00 bits per heavy atom. The van der Waals surface area contributed by atoms with Gasteiger partial charge in [-0.15, -0.1) is 0 Å². The molecule has 1 radical (unpaired) electrons. The number of hydroxylamine groups is 1. The standard InChI is InChI=1S/C5H10N2O4.Na.H2O.2O.V/c6-3(5(9)10)1-2-4(8)7-11;;;;;/h3,11H,1-2,6H2,(H,7,8)(H,9,10);;1H2;;;/q;;;;;+1/p-1/t3-;;;;;/m0...../s1. The molecule has 0 rings (SSSR count). The van der Waals surface area contributed by atoms with Crippen molar-refractivity contribution in [2.24, 2.45) is 5.73 Å². The fourth-order valence-electron chi connectivity index (χ4n) is 0.466. The number of amides is 1. The van der Waals surface area contributed by atoms with E-state index >= 15 is 0 Å². The van der Waals surface area contributed by atoms with Crippen molar-refractivity contribution in [1.82, 2.24) is 5.48 Å². The summed E-state index contributed by atoms with van der Waals surface area (Å²) < 4.78 is 24.4. The first kappa shape index (κ1) is 21.3. The Balaban J connectivity index is -0.000000292. The van der Waals surface area contributed by atoms with Crippen molar-refractivity contribution in [2.45, 2.75) is 18.9 Å². The van der Waals surface area contributed by atoms with Crippen LogP contribution in [0.4, 0.5) is 0 Å². The van der Waals surface area contributed by atoms with E-state index in [-0.39, 0.29) is 42.4 Å². The van der Waals surface area contributed by atoms with Gasteiger partial charge in [0.25, 0.3) is 0 Å². The molecule has 0 aliphatic heterocycles. The third-order valence-corrected chi connectivity index (χ3v) is 1.12. The van der Waals surface area contributed by atoms with Crippen molar-refractivity contribution >= 4 is 41.4 Å². The van der Waals surface area contributed by atoms with Gasteiger partial charge in [-0.05, 0) is 6.42 Å². The summed E-state index contributed by atoms with van der Waals surface area (Å²) in [6, 6.07) is -1.05. The molecule has 0 aromatic rings. The van der Waals surface area contributed by atoms with Gasteiger partial charge in [0.05, 0.1) is 0 Å². The fraction of sp³-hybridized carbons (Fsp3) is 0.600. The average Bonchev–Trinajstić information content (AvgIpc) is 2.12. The molecule has 0 saturated carbocycles. The summed E-state index contributed by atoms with van der Waals surface area (Å²) in [6.45, 7) is 0. The molecule has 0 unspecified atom stereocenters. The van der Waals surface area contributed by atoms with Crippen LogP contribution in [0.2, 0.25) is 0 Å². The van der Waals surface area contributed by atoms with Gasteiger partial charge in [-0.3, -0.25) is 14.8 Å². The monoisotopic (exact) mass is 285 g/mol. The zero-order valence-electron chi connectivity index (χ0n) is 8.49. The molecular weight excluding hydrogens is 274 g/mol. The van der Waals surface area contributed by atoms with Gasteiger partial charge in [-0.2, -0.15) is 0 Å². The van der Waals surface area contributed by atoms with Crippen molar-refractivity contribution < 1.29 is 46.7 Å². The third-order valence-electron chi connectivity index (χ3n) is 1.12. The molecular formula is C5H11N2NaO7V. The Kier molecular flexibility index (Phi) is 17.4. The van der Waals surface area contributed by atoms with Crippen LogP contribution in [0.15, 0.2) is 0 Å². The average molecular weight is 285 g/mol. The molecule has 0 aromatic carbocycles. The Bertz CT molecular complexity index is 274. The van der Waals surface area contributed by atoms with Crippen LogP contribution in [0.1, 0.15) is 12.8 Å². The minimum absolute atomic E-state index is 0. The molecule has 0 aliphatic carbocycles. The van der Waals surface area contributed by atoms with Gasteiger partial charge in [0.2, 0.25) is 5.91 Å². The van der Waals surface area contributed by atoms with Gasteiger partial charge in [-0.1, -0.05) is 0 Å². The molecule has 0 heterocycles. The van der Waals surface area contributed by atoms with E-state index in [2.05, 4.69) is 0 Å². The molecule has 0 fully saturated rings. The van der Waals surface area contributed by atoms with Crippen molar-refractivity contribution in [2.75, 3.05) is 0 Å². The molecule has 11 heteroatoms. The van der Waals surface area contributed by atoms with Crippen LogP contribution in [0, 0.1) is 0 Å². The maximum absolute atomic E-state index is 10.3. The number of aliphatic carboxylic acids is 1. The van der Waals surface area contributed by atoms with E-state index in [9.17, 15) is 9.59 Å². The molecule has 89 valence electrons. The fourth-order valence-corrected chi connectivity index (χ4v) is 0.466. The number of hydrogen-bond acceptors (Lipinski definition) is 6. The zero-order valence-corrected chi connectivity index (χ0v) is 11.9. The van der Waals surface area contributed by atoms with Gasteiger partial charge >= 0.3 is 32.7 Å². The van der Waals surface area contributed by atoms with Crippen LogP contribution in [-0.2, 0) is 32.3 Å². The predicted molar refractivity (Wildman–Crippen MR) is 44.1 cm³/mol. The maximum atomic E-state index is 10.3. The van der Waals surface area contributed by atoms with Crippen molar-refractivity contribution in [3.63, 3.8) is 0 Å². The Morgan fingerprint density at radius 1 is 1.38 bits per heavy atom. The Morgan fingerprint density at radius 2 is 1.75 bits per heavy atom. The summed E-state index contributed by atoms with van der Waals surface area (Å²) in [5.74, 6) is -1.79. The molecule has 16 heavy (non-hydrogen) atoms. The Hall–Kier alpha value is 0.00442. The number of nitrogens with one attached hydrogen (secondary N) is 1. The topological polar surface area (TPSA) is 167 Å². The molecule has 0 aliphatic rings. The summed E-state index contributed by atoms with van der Waals surface area (Å²) >= 11 is -3.69. The first-order valence-corrected chi connectivity index (χ1v) is 5.32. The van der Waals surface area contributed by atoms with E-state index in [0.29, 0.717) is 0 Å². The van der Waals surface area contributed by atoms with Crippen molar-refractivity contribution in [3.8, 4) is 0 Å². The molecule has 0 bridgehead atoms. The number of carbonyl (C=O) groups is 2. The first-order valence-electron chi connectivity index (χ1n) is 3.55. The molecule has 0 aromatic heterocycles. The van der Waals surface area contributed by atoms with E-state index in [4.69, 9.17) is 27.4 Å². The van der Waals surface area contributed by atoms with Crippen LogP contribution < -0.4 is 11.2 Å². The molecule has 6 N–H and O–H groups in total. The Labute approximate surface area is 118 Å². The van der Waals surface area contributed by atoms with E-state index in [1.165, 1.54) is 5.48 Å². The molecule has 1 amide bonds. The van der Waals surface area contributed by atoms with Crippen LogP contribution in [0.3, 0.4) is 0 Å². The van der Waals surface area contributed by atoms with Crippen molar-refractivity contribution in [1.29, 1.82) is 0 Å². The summed E-state index contributed by atoms with van der Waals surface area (Å²) in [5.41, 5.74) is 6.43. The second kappa shape index (κ2) is 13.1. The normalized spacial score (nSPS) is 9.94. The number of rotatable bonds is 4. The first-order chi connectivity index (χ1) is 6.81. The number of nitrogens with two attached hydrogens (primary N) is 1. The third kappa shape index (κ3) is 19.6. The number of carboxylic acid groups (broad SMARTS) is 1. The second-order valence-corrected chi connectivity index (χ2v) is 3.00. The van der Waals surface area contributed by atoms with E-state index in [0.717, 1.165) is 0 Å². The van der Waals surface area contributed by atoms with E-state index in [1.54, 1.807) is 0 Å². The summed E-state index contributed by atoms with van der Waals surface area (Å²) in [5, 5.41) is 16.2. The van der Waals surface area contributed by atoms with Crippen LogP contribution in [0.25, 0.3) is 0 Å². The van der Waals surface area contributed by atoms with Gasteiger partial charge in [0.15, 0.2) is 0 Å². The SMILES string of the molecule is N[C@@H](CCC(=O)NO)C(=O)O.[Na].[O]=[V](=[O])[OH]. The summed E-state index contributed by atoms with van der Waals surface area (Å²) in [4.78, 5) is 20.4. The zero-order chi connectivity index (χ0) is 12.4. The van der Waals surface area contributed by atoms with Crippen LogP contribution in [0.5, 0.6) is 0 Å². The molecule has 9 nitrogen and oxygen atoms in total. The van der Waals surface area contributed by atoms with Gasteiger partial charge in [0, 0.05) is 36.0 Å². The summed E-state index contributed by atoms with van der Waals surface area (Å²) in [6.07, 6.45) is -0.0777. The summed E-state index contributed by atoms with van der Waals surface area (Å²) in [7, 11) is 0. The number of hydrogen-bond donors (Lipinski definition) is 5. The number of carbonyl (C=O) groups excluding carboxylic acids is 1. The van der Waals surface area contributed by atoms with Crippen LogP contribution in [-0.4, -0.2) is 61.8 Å². The molecule has 1 atom stereocenters. The molecule has 0 saturated heterocycles. The quantitative estimate of drug-likeness (QED) is 0.215. The van der Waals surface area contributed by atoms with E-state index < -0.39 is 33.3 Å². The predicted octanol–water partition coefficient (Wildman–Crippen LogP) is -2.49. The van der Waals surface area contributed by atoms with E-state index in [1.807, 2.05) is 0 Å². The van der Waals surface area contributed by atoms with Crippen molar-refractivity contribution in [3.05, 3.63) is 0 Å². The van der Waals surface area contributed by atoms with Gasteiger partial charge < -0.3 is 10.8 Å². The second-order valence-electron chi connectivity index (χ2n) is 2.26. The van der Waals surface area contributed by atoms with Crippen LogP contribution >= 0.6 is 0 Å². The van der Waals surface area contributed by atoms with Gasteiger partial charge in [0.1, 0.15) is 6.04 Å². The molecule has 0 spiro atoms.